The van der Waals surface area contributed by atoms with Crippen molar-refractivity contribution in [3.63, 3.8) is 0 Å². The van der Waals surface area contributed by atoms with Crippen molar-refractivity contribution in [1.82, 2.24) is 9.88 Å². The maximum absolute atomic E-state index is 12.6. The van der Waals surface area contributed by atoms with Crippen molar-refractivity contribution in [2.75, 3.05) is 27.3 Å². The molecule has 1 saturated heterocycles. The number of carbonyl (C=O) groups excluding carboxylic acids is 1. The molecule has 1 amide bonds. The molecule has 1 aliphatic heterocycles. The van der Waals surface area contributed by atoms with Gasteiger partial charge in [0.1, 0.15) is 11.5 Å². The van der Waals surface area contributed by atoms with Gasteiger partial charge >= 0.3 is 0 Å². The largest absolute Gasteiger partial charge is 0.497 e. The molecule has 0 saturated carbocycles. The molecule has 0 radical (unpaired) electrons. The molecular weight excluding hydrogens is 402 g/mol. The first-order chi connectivity index (χ1) is 15.5. The first-order valence-electron chi connectivity index (χ1n) is 10.7. The second-order valence-electron chi connectivity index (χ2n) is 8.44. The second kappa shape index (κ2) is 9.40. The summed E-state index contributed by atoms with van der Waals surface area (Å²) >= 11 is 0. The van der Waals surface area contributed by atoms with E-state index in [1.165, 1.54) is 0 Å². The Labute approximate surface area is 189 Å². The van der Waals surface area contributed by atoms with Gasteiger partial charge in [-0.2, -0.15) is 0 Å². The summed E-state index contributed by atoms with van der Waals surface area (Å²) in [5, 5.41) is 0. The fourth-order valence-electron chi connectivity index (χ4n) is 4.54. The third-order valence-electron chi connectivity index (χ3n) is 6.26. The van der Waals surface area contributed by atoms with Crippen LogP contribution in [0, 0.1) is 5.41 Å². The van der Waals surface area contributed by atoms with Crippen LogP contribution in [0.4, 0.5) is 0 Å². The molecule has 1 atom stereocenters. The van der Waals surface area contributed by atoms with E-state index in [1.54, 1.807) is 26.6 Å². The summed E-state index contributed by atoms with van der Waals surface area (Å²) < 4.78 is 10.8. The van der Waals surface area contributed by atoms with Gasteiger partial charge in [-0.15, -0.1) is 0 Å². The molecule has 6 heteroatoms. The van der Waals surface area contributed by atoms with E-state index in [2.05, 4.69) is 28.1 Å². The number of pyridine rings is 1. The van der Waals surface area contributed by atoms with Crippen molar-refractivity contribution in [1.29, 1.82) is 0 Å². The SMILES string of the molecule is COc1cc(CN2CCC(Cc3cccc(-c4ccncc4)c3)(C(N)=O)C2)cc(OC)c1. The third-order valence-corrected chi connectivity index (χ3v) is 6.26. The number of primary amides is 1. The van der Waals surface area contributed by atoms with E-state index in [4.69, 9.17) is 15.2 Å². The summed E-state index contributed by atoms with van der Waals surface area (Å²) in [5.41, 5.74) is 9.80. The number of methoxy groups -OCH3 is 2. The number of ether oxygens (including phenoxy) is 2. The predicted octanol–water partition coefficient (Wildman–Crippen LogP) is 3.69. The number of amides is 1. The molecule has 4 rings (SSSR count). The second-order valence-corrected chi connectivity index (χ2v) is 8.44. The first-order valence-corrected chi connectivity index (χ1v) is 10.7. The Morgan fingerprint density at radius 2 is 1.72 bits per heavy atom. The van der Waals surface area contributed by atoms with Crippen LogP contribution in [0.25, 0.3) is 11.1 Å². The lowest BCUT2D eigenvalue weighted by Gasteiger charge is -2.26. The monoisotopic (exact) mass is 431 g/mol. The highest BCUT2D eigenvalue weighted by Crippen LogP contribution is 2.36. The molecule has 0 spiro atoms. The quantitative estimate of drug-likeness (QED) is 0.589. The summed E-state index contributed by atoms with van der Waals surface area (Å²) in [4.78, 5) is 19.0. The molecule has 166 valence electrons. The number of aromatic nitrogens is 1. The number of nitrogens with zero attached hydrogens (tertiary/aromatic N) is 2. The molecule has 0 aliphatic carbocycles. The number of nitrogens with two attached hydrogens (primary N) is 1. The summed E-state index contributed by atoms with van der Waals surface area (Å²) in [6.45, 7) is 2.15. The van der Waals surface area contributed by atoms with Crippen LogP contribution in [-0.2, 0) is 17.8 Å². The van der Waals surface area contributed by atoms with Crippen LogP contribution in [0.15, 0.2) is 67.0 Å². The molecule has 0 bridgehead atoms. The number of likely N-dealkylation sites (tertiary alicyclic amines) is 1. The van der Waals surface area contributed by atoms with E-state index in [0.717, 1.165) is 46.7 Å². The van der Waals surface area contributed by atoms with Crippen molar-refractivity contribution < 1.29 is 14.3 Å². The Balaban J connectivity index is 1.52. The zero-order valence-electron chi connectivity index (χ0n) is 18.6. The molecule has 32 heavy (non-hydrogen) atoms. The Kier molecular flexibility index (Phi) is 6.42. The zero-order chi connectivity index (χ0) is 22.6. The van der Waals surface area contributed by atoms with E-state index in [9.17, 15) is 4.79 Å². The van der Waals surface area contributed by atoms with Gasteiger partial charge in [0.15, 0.2) is 0 Å². The van der Waals surface area contributed by atoms with E-state index >= 15 is 0 Å². The smallest absolute Gasteiger partial charge is 0.225 e. The van der Waals surface area contributed by atoms with Gasteiger partial charge < -0.3 is 15.2 Å². The van der Waals surface area contributed by atoms with Gasteiger partial charge in [-0.1, -0.05) is 24.3 Å². The normalized spacial score (nSPS) is 18.4. The average Bonchev–Trinajstić information content (AvgIpc) is 3.23. The van der Waals surface area contributed by atoms with E-state index in [0.29, 0.717) is 19.5 Å². The minimum Gasteiger partial charge on any atom is -0.497 e. The summed E-state index contributed by atoms with van der Waals surface area (Å²) in [6.07, 6.45) is 4.94. The Morgan fingerprint density at radius 1 is 1.00 bits per heavy atom. The summed E-state index contributed by atoms with van der Waals surface area (Å²) in [6, 6.07) is 18.2. The van der Waals surface area contributed by atoms with E-state index in [-0.39, 0.29) is 5.91 Å². The molecule has 1 unspecified atom stereocenters. The van der Waals surface area contributed by atoms with Crippen LogP contribution in [0.2, 0.25) is 0 Å². The van der Waals surface area contributed by atoms with Crippen LogP contribution in [0.3, 0.4) is 0 Å². The van der Waals surface area contributed by atoms with Gasteiger partial charge in [0, 0.05) is 31.5 Å². The topological polar surface area (TPSA) is 77.7 Å². The molecule has 1 aliphatic rings. The van der Waals surface area contributed by atoms with E-state index in [1.807, 2.05) is 36.4 Å². The Hall–Kier alpha value is -3.38. The third kappa shape index (κ3) is 4.75. The van der Waals surface area contributed by atoms with Crippen LogP contribution in [-0.4, -0.2) is 43.1 Å². The van der Waals surface area contributed by atoms with E-state index < -0.39 is 5.41 Å². The van der Waals surface area contributed by atoms with Crippen LogP contribution in [0.1, 0.15) is 17.5 Å². The lowest BCUT2D eigenvalue weighted by Crippen LogP contribution is -2.41. The number of hydrogen-bond donors (Lipinski definition) is 1. The van der Waals surface area contributed by atoms with Crippen molar-refractivity contribution in [2.24, 2.45) is 11.1 Å². The molecular formula is C26H29N3O3. The maximum Gasteiger partial charge on any atom is 0.225 e. The standard InChI is InChI=1S/C26H29N3O3/c1-31-23-13-20(14-24(15-23)32-2)17-29-11-8-26(18-29,25(27)30)16-19-4-3-5-22(12-19)21-6-9-28-10-7-21/h3-7,9-10,12-15H,8,11,16-18H2,1-2H3,(H2,27,30). The van der Waals surface area contributed by atoms with Gasteiger partial charge in [0.2, 0.25) is 5.91 Å². The van der Waals surface area contributed by atoms with Crippen molar-refractivity contribution >= 4 is 5.91 Å². The van der Waals surface area contributed by atoms with Crippen molar-refractivity contribution in [2.45, 2.75) is 19.4 Å². The summed E-state index contributed by atoms with van der Waals surface area (Å²) in [7, 11) is 3.29. The predicted molar refractivity (Wildman–Crippen MR) is 124 cm³/mol. The van der Waals surface area contributed by atoms with Crippen LogP contribution in [0.5, 0.6) is 11.5 Å². The molecule has 1 aromatic heterocycles. The minimum atomic E-state index is -0.584. The number of rotatable bonds is 8. The minimum absolute atomic E-state index is 0.238. The highest BCUT2D eigenvalue weighted by molar-refractivity contribution is 5.82. The fourth-order valence-corrected chi connectivity index (χ4v) is 4.54. The molecule has 3 aromatic rings. The fraction of sp³-hybridized carbons (Fsp3) is 0.308. The number of hydrogen-bond acceptors (Lipinski definition) is 5. The van der Waals surface area contributed by atoms with Gasteiger partial charge in [-0.05, 0) is 65.9 Å². The molecule has 2 aromatic carbocycles. The molecule has 1 fully saturated rings. The van der Waals surface area contributed by atoms with Gasteiger partial charge in [-0.3, -0.25) is 14.7 Å². The van der Waals surface area contributed by atoms with Gasteiger partial charge in [0.25, 0.3) is 0 Å². The average molecular weight is 432 g/mol. The molecule has 2 N–H and O–H groups in total. The van der Waals surface area contributed by atoms with Gasteiger partial charge in [0.05, 0.1) is 19.6 Å². The lowest BCUT2D eigenvalue weighted by atomic mass is 9.79. The maximum atomic E-state index is 12.6. The van der Waals surface area contributed by atoms with Crippen LogP contribution >= 0.6 is 0 Å². The summed E-state index contributed by atoms with van der Waals surface area (Å²) in [5.74, 6) is 1.28. The molecule has 6 nitrogen and oxygen atoms in total. The van der Waals surface area contributed by atoms with Gasteiger partial charge in [-0.25, -0.2) is 0 Å². The van der Waals surface area contributed by atoms with Crippen molar-refractivity contribution in [3.8, 4) is 22.6 Å². The highest BCUT2D eigenvalue weighted by atomic mass is 16.5. The lowest BCUT2D eigenvalue weighted by molar-refractivity contribution is -0.127. The number of carbonyl (C=O) groups is 1. The Bertz CT molecular complexity index is 1060. The zero-order valence-corrected chi connectivity index (χ0v) is 18.6. The first kappa shape index (κ1) is 21.8. The highest BCUT2D eigenvalue weighted by Gasteiger charge is 2.43. The Morgan fingerprint density at radius 3 is 2.38 bits per heavy atom. The number of benzene rings is 2. The molecule has 2 heterocycles. The van der Waals surface area contributed by atoms with Crippen LogP contribution < -0.4 is 15.2 Å². The van der Waals surface area contributed by atoms with Crippen molar-refractivity contribution in [3.05, 3.63) is 78.1 Å².